The van der Waals surface area contributed by atoms with Crippen molar-refractivity contribution in [3.63, 3.8) is 0 Å². The van der Waals surface area contributed by atoms with Crippen LogP contribution >= 0.6 is 15.9 Å². The molecule has 0 aromatic heterocycles. The number of ether oxygens (including phenoxy) is 2. The molecule has 84 valence electrons. The number of rotatable bonds is 7. The Balaban J connectivity index is 2.33. The number of halogens is 1. The van der Waals surface area contributed by atoms with Gasteiger partial charge in [-0.05, 0) is 12.0 Å². The van der Waals surface area contributed by atoms with Gasteiger partial charge in [-0.15, -0.1) is 0 Å². The molecule has 0 heterocycles. The molecule has 1 atom stereocenters. The third-order valence-corrected chi connectivity index (χ3v) is 2.57. The summed E-state index contributed by atoms with van der Waals surface area (Å²) in [5.41, 5.74) is 1.20. The van der Waals surface area contributed by atoms with Gasteiger partial charge in [0, 0.05) is 12.4 Å². The highest BCUT2D eigenvalue weighted by Gasteiger charge is 2.07. The van der Waals surface area contributed by atoms with Crippen LogP contribution in [0.5, 0.6) is 0 Å². The van der Waals surface area contributed by atoms with Crippen molar-refractivity contribution in [3.05, 3.63) is 35.9 Å². The van der Waals surface area contributed by atoms with Crippen LogP contribution in [0.1, 0.15) is 12.0 Å². The van der Waals surface area contributed by atoms with E-state index in [-0.39, 0.29) is 6.10 Å². The first-order valence-electron chi connectivity index (χ1n) is 5.07. The monoisotopic (exact) mass is 272 g/mol. The molecule has 0 aliphatic heterocycles. The summed E-state index contributed by atoms with van der Waals surface area (Å²) in [5.74, 6) is 0. The zero-order valence-corrected chi connectivity index (χ0v) is 10.6. The highest BCUT2D eigenvalue weighted by molar-refractivity contribution is 9.09. The van der Waals surface area contributed by atoms with Gasteiger partial charge in [0.25, 0.3) is 0 Å². The van der Waals surface area contributed by atoms with Gasteiger partial charge in [-0.1, -0.05) is 46.3 Å². The van der Waals surface area contributed by atoms with Gasteiger partial charge in [0.15, 0.2) is 0 Å². The number of hydrogen-bond donors (Lipinski definition) is 0. The van der Waals surface area contributed by atoms with Gasteiger partial charge in [-0.25, -0.2) is 0 Å². The van der Waals surface area contributed by atoms with E-state index in [9.17, 15) is 0 Å². The highest BCUT2D eigenvalue weighted by Crippen LogP contribution is 2.07. The molecule has 0 bridgehead atoms. The summed E-state index contributed by atoms with van der Waals surface area (Å²) < 4.78 is 10.9. The van der Waals surface area contributed by atoms with E-state index in [2.05, 4.69) is 28.1 Å². The van der Waals surface area contributed by atoms with E-state index in [1.54, 1.807) is 7.11 Å². The standard InChI is InChI=1S/C12H17BrO2/c1-14-10-12(7-8-13)15-9-11-5-3-2-4-6-11/h2-6,12H,7-10H2,1H3. The van der Waals surface area contributed by atoms with Crippen molar-refractivity contribution in [2.45, 2.75) is 19.1 Å². The molecular formula is C12H17BrO2. The Morgan fingerprint density at radius 2 is 2.00 bits per heavy atom. The van der Waals surface area contributed by atoms with Gasteiger partial charge in [0.2, 0.25) is 0 Å². The average molecular weight is 273 g/mol. The molecule has 1 aromatic rings. The van der Waals surface area contributed by atoms with Gasteiger partial charge in [-0.3, -0.25) is 0 Å². The van der Waals surface area contributed by atoms with Crippen LogP contribution in [-0.4, -0.2) is 25.2 Å². The van der Waals surface area contributed by atoms with Crippen molar-refractivity contribution in [1.29, 1.82) is 0 Å². The third-order valence-electron chi connectivity index (χ3n) is 2.11. The van der Waals surface area contributed by atoms with Crippen LogP contribution in [-0.2, 0) is 16.1 Å². The van der Waals surface area contributed by atoms with Crippen LogP contribution < -0.4 is 0 Å². The average Bonchev–Trinajstić information content (AvgIpc) is 2.28. The Morgan fingerprint density at radius 1 is 1.27 bits per heavy atom. The molecule has 0 aliphatic rings. The maximum Gasteiger partial charge on any atom is 0.0820 e. The summed E-state index contributed by atoms with van der Waals surface area (Å²) in [7, 11) is 1.70. The molecule has 1 aromatic carbocycles. The first kappa shape index (κ1) is 12.7. The second-order valence-corrected chi connectivity index (χ2v) is 4.14. The molecule has 0 radical (unpaired) electrons. The van der Waals surface area contributed by atoms with E-state index in [0.717, 1.165) is 11.8 Å². The maximum atomic E-state index is 5.75. The van der Waals surface area contributed by atoms with Gasteiger partial charge in [0.05, 0.1) is 19.3 Å². The van der Waals surface area contributed by atoms with Gasteiger partial charge < -0.3 is 9.47 Å². The van der Waals surface area contributed by atoms with E-state index in [0.29, 0.717) is 13.2 Å². The zero-order valence-electron chi connectivity index (χ0n) is 8.99. The SMILES string of the molecule is COCC(CCBr)OCc1ccccc1. The molecule has 0 N–H and O–H groups in total. The Hall–Kier alpha value is -0.380. The molecule has 0 saturated carbocycles. The summed E-state index contributed by atoms with van der Waals surface area (Å²) >= 11 is 3.41. The molecular weight excluding hydrogens is 256 g/mol. The van der Waals surface area contributed by atoms with Crippen LogP contribution in [0.25, 0.3) is 0 Å². The minimum atomic E-state index is 0.176. The quantitative estimate of drug-likeness (QED) is 0.711. The predicted octanol–water partition coefficient (Wildman–Crippen LogP) is 3.00. The topological polar surface area (TPSA) is 18.5 Å². The molecule has 0 spiro atoms. The van der Waals surface area contributed by atoms with Crippen molar-refractivity contribution in [3.8, 4) is 0 Å². The van der Waals surface area contributed by atoms with Crippen LogP contribution in [0, 0.1) is 0 Å². The maximum absolute atomic E-state index is 5.75. The van der Waals surface area contributed by atoms with Crippen LogP contribution in [0.3, 0.4) is 0 Å². The number of alkyl halides is 1. The summed E-state index contributed by atoms with van der Waals surface area (Å²) in [6, 6.07) is 10.2. The smallest absolute Gasteiger partial charge is 0.0820 e. The van der Waals surface area contributed by atoms with Gasteiger partial charge in [0.1, 0.15) is 0 Å². The van der Waals surface area contributed by atoms with Gasteiger partial charge >= 0.3 is 0 Å². The molecule has 1 rings (SSSR count). The Labute approximate surface area is 99.7 Å². The lowest BCUT2D eigenvalue weighted by Crippen LogP contribution is -2.19. The van der Waals surface area contributed by atoms with E-state index in [4.69, 9.17) is 9.47 Å². The second kappa shape index (κ2) is 7.85. The fourth-order valence-corrected chi connectivity index (χ4v) is 1.82. The lowest BCUT2D eigenvalue weighted by atomic mass is 10.2. The van der Waals surface area contributed by atoms with E-state index < -0.39 is 0 Å². The molecule has 3 heteroatoms. The number of hydrogen-bond acceptors (Lipinski definition) is 2. The predicted molar refractivity (Wildman–Crippen MR) is 65.3 cm³/mol. The largest absolute Gasteiger partial charge is 0.382 e. The fourth-order valence-electron chi connectivity index (χ4n) is 1.31. The lowest BCUT2D eigenvalue weighted by Gasteiger charge is -2.15. The van der Waals surface area contributed by atoms with Gasteiger partial charge in [-0.2, -0.15) is 0 Å². The van der Waals surface area contributed by atoms with Crippen molar-refractivity contribution in [2.75, 3.05) is 19.0 Å². The summed E-state index contributed by atoms with van der Waals surface area (Å²) in [6.07, 6.45) is 1.15. The van der Waals surface area contributed by atoms with Crippen LogP contribution in [0.15, 0.2) is 30.3 Å². The van der Waals surface area contributed by atoms with Crippen molar-refractivity contribution >= 4 is 15.9 Å². The summed E-state index contributed by atoms with van der Waals surface area (Å²) in [4.78, 5) is 0. The number of methoxy groups -OCH3 is 1. The molecule has 0 fully saturated rings. The molecule has 1 unspecified atom stereocenters. The number of benzene rings is 1. The Morgan fingerprint density at radius 3 is 2.60 bits per heavy atom. The van der Waals surface area contributed by atoms with Crippen molar-refractivity contribution in [2.24, 2.45) is 0 Å². The van der Waals surface area contributed by atoms with E-state index in [1.165, 1.54) is 5.56 Å². The normalized spacial score (nSPS) is 12.7. The summed E-state index contributed by atoms with van der Waals surface area (Å²) in [6.45, 7) is 1.31. The highest BCUT2D eigenvalue weighted by atomic mass is 79.9. The van der Waals surface area contributed by atoms with E-state index in [1.807, 2.05) is 18.2 Å². The Bertz CT molecular complexity index is 245. The van der Waals surface area contributed by atoms with Crippen LogP contribution in [0.2, 0.25) is 0 Å². The summed E-state index contributed by atoms with van der Waals surface area (Å²) in [5, 5.41) is 0.940. The Kier molecular flexibility index (Phi) is 6.64. The minimum absolute atomic E-state index is 0.176. The second-order valence-electron chi connectivity index (χ2n) is 3.35. The van der Waals surface area contributed by atoms with E-state index >= 15 is 0 Å². The minimum Gasteiger partial charge on any atom is -0.382 e. The lowest BCUT2D eigenvalue weighted by molar-refractivity contribution is -0.0120. The zero-order chi connectivity index (χ0) is 10.9. The molecule has 15 heavy (non-hydrogen) atoms. The third kappa shape index (κ3) is 5.30. The molecule has 2 nitrogen and oxygen atoms in total. The first-order valence-corrected chi connectivity index (χ1v) is 6.19. The first-order chi connectivity index (χ1) is 7.36. The molecule has 0 amide bonds. The van der Waals surface area contributed by atoms with Crippen LogP contribution in [0.4, 0.5) is 0 Å². The van der Waals surface area contributed by atoms with Crippen molar-refractivity contribution in [1.82, 2.24) is 0 Å². The molecule has 0 saturated heterocycles. The van der Waals surface area contributed by atoms with Crippen molar-refractivity contribution < 1.29 is 9.47 Å². The molecule has 0 aliphatic carbocycles. The fraction of sp³-hybridized carbons (Fsp3) is 0.500.